The number of nitrogens with one attached hydrogen (secondary N) is 2. The Hall–Kier alpha value is -1.30. The summed E-state index contributed by atoms with van der Waals surface area (Å²) in [6, 6.07) is 3.43. The molecule has 1 amide bonds. The number of carbonyl (C=O) groups excluding carboxylic acids is 1. The van der Waals surface area contributed by atoms with Gasteiger partial charge in [-0.3, -0.25) is 4.79 Å². The van der Waals surface area contributed by atoms with E-state index < -0.39 is 0 Å². The van der Waals surface area contributed by atoms with Crippen LogP contribution in [0.5, 0.6) is 0 Å². The predicted molar refractivity (Wildman–Crippen MR) is 74.0 cm³/mol. The summed E-state index contributed by atoms with van der Waals surface area (Å²) in [5.74, 6) is 3.55. The molecule has 0 spiro atoms. The van der Waals surface area contributed by atoms with Gasteiger partial charge >= 0.3 is 0 Å². The maximum absolute atomic E-state index is 11.8. The number of aromatic nitrogens is 2. The van der Waals surface area contributed by atoms with E-state index in [1.54, 1.807) is 19.2 Å². The van der Waals surface area contributed by atoms with Crippen molar-refractivity contribution < 1.29 is 4.79 Å². The molecule has 6 heteroatoms. The van der Waals surface area contributed by atoms with Gasteiger partial charge in [0.2, 0.25) is 0 Å². The maximum atomic E-state index is 11.8. The molecular formula is C12H18N4OS. The molecule has 2 N–H and O–H groups in total. The highest BCUT2D eigenvalue weighted by atomic mass is 32.2. The van der Waals surface area contributed by atoms with Crippen LogP contribution in [0.1, 0.15) is 23.3 Å². The van der Waals surface area contributed by atoms with Crippen molar-refractivity contribution in [1.82, 2.24) is 15.5 Å². The third-order valence-electron chi connectivity index (χ3n) is 3.05. The van der Waals surface area contributed by atoms with Crippen LogP contribution in [-0.2, 0) is 0 Å². The van der Waals surface area contributed by atoms with Crippen LogP contribution in [-0.4, -0.2) is 41.2 Å². The fourth-order valence-corrected chi connectivity index (χ4v) is 3.07. The number of nitrogens with zero attached hydrogens (tertiary/aromatic N) is 2. The smallest absolute Gasteiger partial charge is 0.271 e. The topological polar surface area (TPSA) is 66.9 Å². The number of anilines is 1. The molecule has 0 saturated carbocycles. The van der Waals surface area contributed by atoms with Crippen molar-refractivity contribution in [3.8, 4) is 0 Å². The zero-order chi connectivity index (χ0) is 12.8. The number of hydrogen-bond donors (Lipinski definition) is 2. The second kappa shape index (κ2) is 6.58. The Morgan fingerprint density at radius 3 is 2.78 bits per heavy atom. The fraction of sp³-hybridized carbons (Fsp3) is 0.583. The van der Waals surface area contributed by atoms with E-state index in [4.69, 9.17) is 0 Å². The minimum absolute atomic E-state index is 0.136. The van der Waals surface area contributed by atoms with Gasteiger partial charge in [0.05, 0.1) is 0 Å². The van der Waals surface area contributed by atoms with E-state index in [1.807, 2.05) is 11.8 Å². The van der Waals surface area contributed by atoms with Crippen LogP contribution in [0.3, 0.4) is 0 Å². The summed E-state index contributed by atoms with van der Waals surface area (Å²) >= 11 is 1.99. The molecule has 1 aliphatic rings. The van der Waals surface area contributed by atoms with Crippen LogP contribution in [0, 0.1) is 5.92 Å². The van der Waals surface area contributed by atoms with Gasteiger partial charge in [-0.2, -0.15) is 11.8 Å². The number of hydrogen-bond acceptors (Lipinski definition) is 5. The maximum Gasteiger partial charge on any atom is 0.271 e. The molecule has 1 aromatic rings. The highest BCUT2D eigenvalue weighted by Crippen LogP contribution is 2.21. The Bertz CT molecular complexity index is 390. The summed E-state index contributed by atoms with van der Waals surface area (Å²) in [7, 11) is 1.77. The van der Waals surface area contributed by atoms with Gasteiger partial charge in [-0.15, -0.1) is 10.2 Å². The summed E-state index contributed by atoms with van der Waals surface area (Å²) in [5.41, 5.74) is 0.374. The number of thioether (sulfide) groups is 1. The SMILES string of the molecule is CNc1ccc(C(=O)NCC2CCSCC2)nn1. The first kappa shape index (κ1) is 13.1. The van der Waals surface area contributed by atoms with Crippen LogP contribution in [0.4, 0.5) is 5.82 Å². The predicted octanol–water partition coefficient (Wildman–Crippen LogP) is 1.39. The molecule has 98 valence electrons. The zero-order valence-corrected chi connectivity index (χ0v) is 11.3. The molecule has 1 saturated heterocycles. The van der Waals surface area contributed by atoms with Crippen LogP contribution in [0.15, 0.2) is 12.1 Å². The van der Waals surface area contributed by atoms with E-state index in [1.165, 1.54) is 24.3 Å². The molecule has 0 radical (unpaired) electrons. The molecule has 1 aliphatic heterocycles. The third kappa shape index (κ3) is 3.60. The summed E-state index contributed by atoms with van der Waals surface area (Å²) in [4.78, 5) is 11.8. The summed E-state index contributed by atoms with van der Waals surface area (Å²) < 4.78 is 0. The molecule has 2 rings (SSSR count). The van der Waals surface area contributed by atoms with Crippen molar-refractivity contribution in [1.29, 1.82) is 0 Å². The Morgan fingerprint density at radius 2 is 2.17 bits per heavy atom. The van der Waals surface area contributed by atoms with Crippen molar-refractivity contribution in [3.05, 3.63) is 17.8 Å². The lowest BCUT2D eigenvalue weighted by Crippen LogP contribution is -2.31. The quantitative estimate of drug-likeness (QED) is 0.862. The van der Waals surface area contributed by atoms with Crippen molar-refractivity contribution in [2.75, 3.05) is 30.4 Å². The van der Waals surface area contributed by atoms with Gasteiger partial charge in [-0.05, 0) is 42.4 Å². The van der Waals surface area contributed by atoms with Gasteiger partial charge < -0.3 is 10.6 Å². The molecule has 0 atom stereocenters. The molecule has 18 heavy (non-hydrogen) atoms. The third-order valence-corrected chi connectivity index (χ3v) is 4.09. The van der Waals surface area contributed by atoms with E-state index in [0.29, 0.717) is 17.4 Å². The van der Waals surface area contributed by atoms with Gasteiger partial charge in [0, 0.05) is 13.6 Å². The summed E-state index contributed by atoms with van der Waals surface area (Å²) in [5, 5.41) is 13.6. The van der Waals surface area contributed by atoms with Crippen LogP contribution in [0.2, 0.25) is 0 Å². The lowest BCUT2D eigenvalue weighted by Gasteiger charge is -2.21. The molecule has 0 unspecified atom stereocenters. The number of amides is 1. The molecular weight excluding hydrogens is 248 g/mol. The Morgan fingerprint density at radius 1 is 1.39 bits per heavy atom. The van der Waals surface area contributed by atoms with Crippen molar-refractivity contribution in [2.24, 2.45) is 5.92 Å². The zero-order valence-electron chi connectivity index (χ0n) is 10.5. The van der Waals surface area contributed by atoms with Crippen LogP contribution < -0.4 is 10.6 Å². The van der Waals surface area contributed by atoms with Gasteiger partial charge in [-0.1, -0.05) is 0 Å². The average molecular weight is 266 g/mol. The van der Waals surface area contributed by atoms with Gasteiger partial charge in [0.25, 0.3) is 5.91 Å². The Balaban J connectivity index is 1.82. The first-order valence-electron chi connectivity index (χ1n) is 6.17. The van der Waals surface area contributed by atoms with E-state index in [-0.39, 0.29) is 5.91 Å². The van der Waals surface area contributed by atoms with Crippen molar-refractivity contribution in [2.45, 2.75) is 12.8 Å². The van der Waals surface area contributed by atoms with Gasteiger partial charge in [0.1, 0.15) is 5.82 Å². The minimum atomic E-state index is -0.136. The first-order valence-corrected chi connectivity index (χ1v) is 7.32. The minimum Gasteiger partial charge on any atom is -0.372 e. The van der Waals surface area contributed by atoms with Crippen molar-refractivity contribution in [3.63, 3.8) is 0 Å². The molecule has 5 nitrogen and oxygen atoms in total. The Labute approximate surface area is 111 Å². The largest absolute Gasteiger partial charge is 0.372 e. The lowest BCUT2D eigenvalue weighted by molar-refractivity contribution is 0.0940. The first-order chi connectivity index (χ1) is 8.79. The molecule has 0 aromatic carbocycles. The highest BCUT2D eigenvalue weighted by molar-refractivity contribution is 7.99. The average Bonchev–Trinajstić information content (AvgIpc) is 2.46. The Kier molecular flexibility index (Phi) is 4.81. The monoisotopic (exact) mass is 266 g/mol. The molecule has 0 aliphatic carbocycles. The molecule has 2 heterocycles. The molecule has 1 fully saturated rings. The van der Waals surface area contributed by atoms with Crippen molar-refractivity contribution >= 4 is 23.5 Å². The van der Waals surface area contributed by atoms with E-state index in [9.17, 15) is 4.79 Å². The lowest BCUT2D eigenvalue weighted by atomic mass is 10.0. The van der Waals surface area contributed by atoms with Gasteiger partial charge in [0.15, 0.2) is 5.69 Å². The number of rotatable bonds is 4. The fourth-order valence-electron chi connectivity index (χ4n) is 1.86. The van der Waals surface area contributed by atoms with E-state index >= 15 is 0 Å². The van der Waals surface area contributed by atoms with Crippen LogP contribution >= 0.6 is 11.8 Å². The van der Waals surface area contributed by atoms with Crippen LogP contribution in [0.25, 0.3) is 0 Å². The highest BCUT2D eigenvalue weighted by Gasteiger charge is 2.15. The standard InChI is InChI=1S/C12H18N4OS/c1-13-11-3-2-10(15-16-11)12(17)14-8-9-4-6-18-7-5-9/h2-3,9H,4-8H2,1H3,(H,13,16)(H,14,17). The summed E-state index contributed by atoms with van der Waals surface area (Å²) in [6.07, 6.45) is 2.38. The second-order valence-corrected chi connectivity index (χ2v) is 5.54. The van der Waals surface area contributed by atoms with Gasteiger partial charge in [-0.25, -0.2) is 0 Å². The van der Waals surface area contributed by atoms with E-state index in [2.05, 4.69) is 20.8 Å². The second-order valence-electron chi connectivity index (χ2n) is 4.32. The van der Waals surface area contributed by atoms with E-state index in [0.717, 1.165) is 6.54 Å². The molecule has 1 aromatic heterocycles. The molecule has 0 bridgehead atoms. The normalized spacial score (nSPS) is 16.3. The summed E-state index contributed by atoms with van der Waals surface area (Å²) in [6.45, 7) is 0.745. The number of carbonyl (C=O) groups is 1.